The van der Waals surface area contributed by atoms with Crippen LogP contribution in [-0.4, -0.2) is 42.9 Å². The van der Waals surface area contributed by atoms with Gasteiger partial charge in [0, 0.05) is 23.2 Å². The van der Waals surface area contributed by atoms with Crippen molar-refractivity contribution in [2.45, 2.75) is 57.9 Å². The SMILES string of the molecule is Cc1cc(Br)ccc1NC(=O)CN(C)C(=O)CNC1CCCCCCC1. The Morgan fingerprint density at radius 1 is 1.15 bits per heavy atom. The normalized spacial score (nSPS) is 15.8. The maximum absolute atomic E-state index is 12.3. The molecule has 0 atom stereocenters. The number of carbonyl (C=O) groups is 2. The number of hydrogen-bond acceptors (Lipinski definition) is 3. The number of nitrogens with one attached hydrogen (secondary N) is 2. The van der Waals surface area contributed by atoms with E-state index in [0.717, 1.165) is 28.6 Å². The maximum Gasteiger partial charge on any atom is 0.243 e. The minimum Gasteiger partial charge on any atom is -0.335 e. The van der Waals surface area contributed by atoms with Crippen molar-refractivity contribution in [3.05, 3.63) is 28.2 Å². The van der Waals surface area contributed by atoms with Gasteiger partial charge < -0.3 is 15.5 Å². The van der Waals surface area contributed by atoms with Crippen LogP contribution in [0.2, 0.25) is 0 Å². The molecule has 0 aliphatic heterocycles. The number of likely N-dealkylation sites (N-methyl/N-ethyl adjacent to an activating group) is 1. The number of aryl methyl sites for hydroxylation is 1. The molecule has 0 saturated heterocycles. The number of rotatable bonds is 6. The fourth-order valence-corrected chi connectivity index (χ4v) is 3.76. The van der Waals surface area contributed by atoms with Crippen LogP contribution in [-0.2, 0) is 9.59 Å². The van der Waals surface area contributed by atoms with Crippen LogP contribution in [0.5, 0.6) is 0 Å². The lowest BCUT2D eigenvalue weighted by Gasteiger charge is -2.23. The van der Waals surface area contributed by atoms with Crippen molar-refractivity contribution in [3.63, 3.8) is 0 Å². The summed E-state index contributed by atoms with van der Waals surface area (Å²) in [5, 5.41) is 6.25. The van der Waals surface area contributed by atoms with E-state index in [2.05, 4.69) is 26.6 Å². The predicted octanol–water partition coefficient (Wildman–Crippen LogP) is 3.86. The smallest absolute Gasteiger partial charge is 0.243 e. The Hall–Kier alpha value is -1.40. The summed E-state index contributed by atoms with van der Waals surface area (Å²) in [7, 11) is 1.68. The monoisotopic (exact) mass is 423 g/mol. The molecule has 26 heavy (non-hydrogen) atoms. The largest absolute Gasteiger partial charge is 0.335 e. The topological polar surface area (TPSA) is 61.4 Å². The Kier molecular flexibility index (Phi) is 8.59. The molecular weight excluding hydrogens is 394 g/mol. The van der Waals surface area contributed by atoms with E-state index in [-0.39, 0.29) is 18.4 Å². The standard InChI is InChI=1S/C20H30BrN3O2/c1-15-12-16(21)10-11-18(15)23-19(25)14-24(2)20(26)13-22-17-8-6-4-3-5-7-9-17/h10-12,17,22H,3-9,13-14H2,1-2H3,(H,23,25). The van der Waals surface area contributed by atoms with Crippen LogP contribution in [0.15, 0.2) is 22.7 Å². The lowest BCUT2D eigenvalue weighted by molar-refractivity contribution is -0.132. The van der Waals surface area contributed by atoms with Crippen molar-refractivity contribution in [3.8, 4) is 0 Å². The molecule has 2 rings (SSSR count). The molecular formula is C20H30BrN3O2. The first-order valence-electron chi connectivity index (χ1n) is 9.49. The molecule has 0 heterocycles. The molecule has 2 N–H and O–H groups in total. The first kappa shape index (κ1) is 20.9. The zero-order valence-electron chi connectivity index (χ0n) is 15.8. The Morgan fingerprint density at radius 3 is 2.46 bits per heavy atom. The zero-order valence-corrected chi connectivity index (χ0v) is 17.4. The van der Waals surface area contributed by atoms with Crippen LogP contribution in [0, 0.1) is 6.92 Å². The van der Waals surface area contributed by atoms with Crippen molar-refractivity contribution in [2.75, 3.05) is 25.5 Å². The van der Waals surface area contributed by atoms with Gasteiger partial charge in [0.2, 0.25) is 11.8 Å². The highest BCUT2D eigenvalue weighted by molar-refractivity contribution is 9.10. The van der Waals surface area contributed by atoms with Gasteiger partial charge in [-0.2, -0.15) is 0 Å². The van der Waals surface area contributed by atoms with Crippen molar-refractivity contribution >= 4 is 33.4 Å². The van der Waals surface area contributed by atoms with Crippen LogP contribution in [0.25, 0.3) is 0 Å². The molecule has 6 heteroatoms. The zero-order chi connectivity index (χ0) is 18.9. The Bertz CT molecular complexity index is 613. The molecule has 1 aliphatic carbocycles. The van der Waals surface area contributed by atoms with Gasteiger partial charge in [0.1, 0.15) is 0 Å². The predicted molar refractivity (Wildman–Crippen MR) is 109 cm³/mol. The third kappa shape index (κ3) is 7.08. The van der Waals surface area contributed by atoms with E-state index >= 15 is 0 Å². The van der Waals surface area contributed by atoms with Crippen LogP contribution in [0.3, 0.4) is 0 Å². The molecule has 5 nitrogen and oxygen atoms in total. The van der Waals surface area contributed by atoms with E-state index in [9.17, 15) is 9.59 Å². The van der Waals surface area contributed by atoms with Crippen LogP contribution in [0.4, 0.5) is 5.69 Å². The number of benzene rings is 1. The van der Waals surface area contributed by atoms with E-state index in [0.29, 0.717) is 12.6 Å². The fourth-order valence-electron chi connectivity index (χ4n) is 3.29. The second kappa shape index (κ2) is 10.7. The summed E-state index contributed by atoms with van der Waals surface area (Å²) in [6.45, 7) is 2.29. The third-order valence-electron chi connectivity index (χ3n) is 4.92. The second-order valence-corrected chi connectivity index (χ2v) is 8.10. The first-order chi connectivity index (χ1) is 12.5. The van der Waals surface area contributed by atoms with E-state index in [1.165, 1.54) is 37.0 Å². The minimum absolute atomic E-state index is 0.0465. The van der Waals surface area contributed by atoms with Gasteiger partial charge in [0.05, 0.1) is 13.1 Å². The summed E-state index contributed by atoms with van der Waals surface area (Å²) >= 11 is 3.41. The summed E-state index contributed by atoms with van der Waals surface area (Å²) in [5.41, 5.74) is 1.75. The van der Waals surface area contributed by atoms with E-state index in [1.54, 1.807) is 7.05 Å². The van der Waals surface area contributed by atoms with E-state index in [4.69, 9.17) is 0 Å². The van der Waals surface area contributed by atoms with Gasteiger partial charge in [-0.05, 0) is 43.5 Å². The van der Waals surface area contributed by atoms with Gasteiger partial charge >= 0.3 is 0 Å². The van der Waals surface area contributed by atoms with Gasteiger partial charge in [-0.3, -0.25) is 9.59 Å². The number of hydrogen-bond donors (Lipinski definition) is 2. The van der Waals surface area contributed by atoms with Gasteiger partial charge in [0.25, 0.3) is 0 Å². The number of carbonyl (C=O) groups excluding carboxylic acids is 2. The number of anilines is 1. The molecule has 1 aromatic carbocycles. The molecule has 1 fully saturated rings. The fraction of sp³-hybridized carbons (Fsp3) is 0.600. The van der Waals surface area contributed by atoms with Crippen molar-refractivity contribution in [1.82, 2.24) is 10.2 Å². The molecule has 1 aliphatic rings. The van der Waals surface area contributed by atoms with E-state index < -0.39 is 0 Å². The number of halogens is 1. The maximum atomic E-state index is 12.3. The van der Waals surface area contributed by atoms with Crippen molar-refractivity contribution in [1.29, 1.82) is 0 Å². The Labute approximate surface area is 165 Å². The highest BCUT2D eigenvalue weighted by Gasteiger charge is 2.16. The molecule has 0 unspecified atom stereocenters. The lowest BCUT2D eigenvalue weighted by Crippen LogP contribution is -2.43. The van der Waals surface area contributed by atoms with Crippen LogP contribution < -0.4 is 10.6 Å². The van der Waals surface area contributed by atoms with Crippen LogP contribution >= 0.6 is 15.9 Å². The molecule has 144 valence electrons. The van der Waals surface area contributed by atoms with Gasteiger partial charge in [-0.25, -0.2) is 0 Å². The molecule has 0 radical (unpaired) electrons. The number of amides is 2. The molecule has 1 saturated carbocycles. The molecule has 2 amide bonds. The Balaban J connectivity index is 1.75. The average molecular weight is 424 g/mol. The van der Waals surface area contributed by atoms with Crippen molar-refractivity contribution in [2.24, 2.45) is 0 Å². The molecule has 0 bridgehead atoms. The minimum atomic E-state index is -0.183. The van der Waals surface area contributed by atoms with Gasteiger partial charge in [-0.1, -0.05) is 48.0 Å². The highest BCUT2D eigenvalue weighted by atomic mass is 79.9. The van der Waals surface area contributed by atoms with Crippen LogP contribution in [0.1, 0.15) is 50.5 Å². The summed E-state index contributed by atoms with van der Waals surface area (Å²) < 4.78 is 0.973. The quantitative estimate of drug-likeness (QED) is 0.729. The highest BCUT2D eigenvalue weighted by Crippen LogP contribution is 2.20. The summed E-state index contributed by atoms with van der Waals surface area (Å²) in [4.78, 5) is 26.0. The van der Waals surface area contributed by atoms with Gasteiger partial charge in [-0.15, -0.1) is 0 Å². The van der Waals surface area contributed by atoms with Gasteiger partial charge in [0.15, 0.2) is 0 Å². The van der Waals surface area contributed by atoms with Crippen molar-refractivity contribution < 1.29 is 9.59 Å². The third-order valence-corrected chi connectivity index (χ3v) is 5.41. The number of nitrogens with zero attached hydrogens (tertiary/aromatic N) is 1. The lowest BCUT2D eigenvalue weighted by atomic mass is 9.97. The molecule has 0 spiro atoms. The van der Waals surface area contributed by atoms with E-state index in [1.807, 2.05) is 25.1 Å². The molecule has 1 aromatic rings. The Morgan fingerprint density at radius 2 is 1.81 bits per heavy atom. The average Bonchev–Trinajstić information content (AvgIpc) is 2.56. The summed E-state index contributed by atoms with van der Waals surface area (Å²) in [6.07, 6.45) is 8.67. The summed E-state index contributed by atoms with van der Waals surface area (Å²) in [6, 6.07) is 6.11. The molecule has 0 aromatic heterocycles. The summed E-state index contributed by atoms with van der Waals surface area (Å²) in [5.74, 6) is -0.230. The first-order valence-corrected chi connectivity index (χ1v) is 10.3. The second-order valence-electron chi connectivity index (χ2n) is 7.18.